The van der Waals surface area contributed by atoms with Gasteiger partial charge in [0.15, 0.2) is 15.8 Å². The Morgan fingerprint density at radius 3 is 2.59 bits per heavy atom. The van der Waals surface area contributed by atoms with Gasteiger partial charge in [0.2, 0.25) is 0 Å². The monoisotopic (exact) mass is 540 g/mol. The van der Waals surface area contributed by atoms with Crippen molar-refractivity contribution in [2.75, 3.05) is 50.9 Å². The van der Waals surface area contributed by atoms with Crippen LogP contribution in [0.15, 0.2) is 29.3 Å². The van der Waals surface area contributed by atoms with Gasteiger partial charge in [-0.15, -0.1) is 24.0 Å². The fraction of sp³-hybridized carbons (Fsp3) is 0.632. The minimum absolute atomic E-state index is 0. The lowest BCUT2D eigenvalue weighted by molar-refractivity contribution is 0.0179. The maximum atomic E-state index is 13.4. The number of guanidine groups is 1. The van der Waals surface area contributed by atoms with Crippen LogP contribution in [0, 0.1) is 5.82 Å². The molecule has 29 heavy (non-hydrogen) atoms. The minimum Gasteiger partial charge on any atom is -0.379 e. The van der Waals surface area contributed by atoms with E-state index in [4.69, 9.17) is 9.73 Å². The van der Waals surface area contributed by atoms with Crippen molar-refractivity contribution in [2.45, 2.75) is 25.4 Å². The second kappa shape index (κ2) is 11.4. The zero-order valence-electron chi connectivity index (χ0n) is 16.6. The number of hydrogen-bond acceptors (Lipinski definition) is 5. The van der Waals surface area contributed by atoms with Crippen LogP contribution in [0.3, 0.4) is 0 Å². The zero-order valence-corrected chi connectivity index (χ0v) is 19.8. The molecule has 2 aliphatic heterocycles. The molecule has 10 heteroatoms. The second-order valence-electron chi connectivity index (χ2n) is 7.18. The Morgan fingerprint density at radius 1 is 1.31 bits per heavy atom. The number of halogens is 2. The first-order valence-corrected chi connectivity index (χ1v) is 11.6. The van der Waals surface area contributed by atoms with Gasteiger partial charge in [0.25, 0.3) is 0 Å². The van der Waals surface area contributed by atoms with Crippen LogP contribution in [-0.2, 0) is 14.6 Å². The highest BCUT2D eigenvalue weighted by molar-refractivity contribution is 14.0. The average molecular weight is 540 g/mol. The number of ether oxygens (including phenoxy) is 1. The first kappa shape index (κ1) is 24.3. The van der Waals surface area contributed by atoms with E-state index in [1.165, 1.54) is 12.1 Å². The Kier molecular flexibility index (Phi) is 9.57. The van der Waals surface area contributed by atoms with Gasteiger partial charge in [-0.05, 0) is 31.0 Å². The number of nitrogens with zero attached hydrogens (tertiary/aromatic N) is 2. The van der Waals surface area contributed by atoms with E-state index < -0.39 is 9.84 Å². The molecule has 2 fully saturated rings. The molecule has 0 aliphatic carbocycles. The molecule has 2 unspecified atom stereocenters. The van der Waals surface area contributed by atoms with Gasteiger partial charge in [-0.1, -0.05) is 12.1 Å². The average Bonchev–Trinajstić information content (AvgIpc) is 3.02. The summed E-state index contributed by atoms with van der Waals surface area (Å²) in [5.74, 6) is 0.716. The van der Waals surface area contributed by atoms with Gasteiger partial charge in [0.05, 0.1) is 37.3 Å². The van der Waals surface area contributed by atoms with Crippen LogP contribution >= 0.6 is 24.0 Å². The van der Waals surface area contributed by atoms with Gasteiger partial charge in [0, 0.05) is 25.7 Å². The van der Waals surface area contributed by atoms with Crippen molar-refractivity contribution in [1.29, 1.82) is 0 Å². The number of rotatable bonds is 6. The van der Waals surface area contributed by atoms with Crippen LogP contribution in [0.2, 0.25) is 0 Å². The first-order valence-electron chi connectivity index (χ1n) is 9.79. The normalized spacial score (nSPS) is 23.2. The predicted octanol–water partition coefficient (Wildman–Crippen LogP) is 1.56. The van der Waals surface area contributed by atoms with Crippen LogP contribution < -0.4 is 10.6 Å². The third-order valence-electron chi connectivity index (χ3n) is 5.08. The predicted molar refractivity (Wildman–Crippen MR) is 123 cm³/mol. The summed E-state index contributed by atoms with van der Waals surface area (Å²) in [6, 6.07) is 6.44. The maximum absolute atomic E-state index is 13.4. The summed E-state index contributed by atoms with van der Waals surface area (Å²) in [4.78, 5) is 7.02. The summed E-state index contributed by atoms with van der Waals surface area (Å²) in [5.41, 5.74) is 1.01. The second-order valence-corrected chi connectivity index (χ2v) is 9.41. The molecule has 0 saturated carbocycles. The summed E-state index contributed by atoms with van der Waals surface area (Å²) in [6.07, 6.45) is 0.595. The van der Waals surface area contributed by atoms with E-state index in [1.54, 1.807) is 12.1 Å². The molecule has 1 aromatic rings. The van der Waals surface area contributed by atoms with E-state index in [1.807, 2.05) is 6.92 Å². The molecule has 0 bridgehead atoms. The lowest BCUT2D eigenvalue weighted by atomic mass is 10.0. The van der Waals surface area contributed by atoms with Crippen molar-refractivity contribution < 1.29 is 17.5 Å². The molecule has 164 valence electrons. The van der Waals surface area contributed by atoms with Crippen LogP contribution in [0.4, 0.5) is 4.39 Å². The SMILES string of the molecule is CCNC(=NCC(c1ccc(F)cc1)N1CCOCC1)NC1CCS(=O)(=O)C1.I. The maximum Gasteiger partial charge on any atom is 0.191 e. The molecule has 2 atom stereocenters. The minimum atomic E-state index is -2.95. The molecular weight excluding hydrogens is 510 g/mol. The van der Waals surface area contributed by atoms with Crippen LogP contribution in [0.1, 0.15) is 24.9 Å². The van der Waals surface area contributed by atoms with Crippen molar-refractivity contribution in [3.05, 3.63) is 35.6 Å². The summed E-state index contributed by atoms with van der Waals surface area (Å²) < 4.78 is 42.3. The number of sulfone groups is 1. The molecule has 0 aromatic heterocycles. The topological polar surface area (TPSA) is 83.0 Å². The standard InChI is InChI=1S/C19H29FN4O3S.HI/c1-2-21-19(23-17-7-12-28(25,26)14-17)22-13-18(24-8-10-27-11-9-24)15-3-5-16(20)6-4-15;/h3-6,17-18H,2,7-14H2,1H3,(H2,21,22,23);1H. The Bertz CT molecular complexity index is 770. The molecule has 3 rings (SSSR count). The summed E-state index contributed by atoms with van der Waals surface area (Å²) in [5, 5.41) is 6.44. The van der Waals surface area contributed by atoms with Gasteiger partial charge >= 0.3 is 0 Å². The molecule has 2 N–H and O–H groups in total. The molecular formula is C19H30FIN4O3S. The van der Waals surface area contributed by atoms with E-state index in [-0.39, 0.29) is 53.4 Å². The van der Waals surface area contributed by atoms with E-state index in [2.05, 4.69) is 15.5 Å². The van der Waals surface area contributed by atoms with Crippen LogP contribution in [-0.4, -0.2) is 76.2 Å². The number of hydrogen-bond donors (Lipinski definition) is 2. The van der Waals surface area contributed by atoms with Crippen LogP contribution in [0.5, 0.6) is 0 Å². The first-order chi connectivity index (χ1) is 13.5. The van der Waals surface area contributed by atoms with E-state index >= 15 is 0 Å². The Hall–Kier alpha value is -0.980. The van der Waals surface area contributed by atoms with Crippen molar-refractivity contribution in [3.63, 3.8) is 0 Å². The molecule has 2 aliphatic rings. The van der Waals surface area contributed by atoms with Gasteiger partial charge < -0.3 is 15.4 Å². The highest BCUT2D eigenvalue weighted by Crippen LogP contribution is 2.23. The highest BCUT2D eigenvalue weighted by atomic mass is 127. The molecule has 2 heterocycles. The third-order valence-corrected chi connectivity index (χ3v) is 6.85. The Morgan fingerprint density at radius 2 is 2.00 bits per heavy atom. The quantitative estimate of drug-likeness (QED) is 0.324. The number of morpholine rings is 1. The molecule has 0 spiro atoms. The molecule has 0 radical (unpaired) electrons. The van der Waals surface area contributed by atoms with Crippen molar-refractivity contribution in [2.24, 2.45) is 4.99 Å². The lowest BCUT2D eigenvalue weighted by Crippen LogP contribution is -2.45. The fourth-order valence-corrected chi connectivity index (χ4v) is 5.28. The highest BCUT2D eigenvalue weighted by Gasteiger charge is 2.28. The molecule has 1 aromatic carbocycles. The summed E-state index contributed by atoms with van der Waals surface area (Å²) in [7, 11) is -2.95. The van der Waals surface area contributed by atoms with E-state index in [9.17, 15) is 12.8 Å². The fourth-order valence-electron chi connectivity index (χ4n) is 3.61. The number of benzene rings is 1. The molecule has 0 amide bonds. The van der Waals surface area contributed by atoms with Gasteiger partial charge in [-0.25, -0.2) is 12.8 Å². The third kappa shape index (κ3) is 7.34. The largest absolute Gasteiger partial charge is 0.379 e. The van der Waals surface area contributed by atoms with Gasteiger partial charge in [-0.2, -0.15) is 0 Å². The Balaban J connectivity index is 0.00000300. The number of aliphatic imine (C=N–C) groups is 1. The number of nitrogens with one attached hydrogen (secondary N) is 2. The molecule has 7 nitrogen and oxygen atoms in total. The van der Waals surface area contributed by atoms with E-state index in [0.717, 1.165) is 18.7 Å². The van der Waals surface area contributed by atoms with Crippen LogP contribution in [0.25, 0.3) is 0 Å². The van der Waals surface area contributed by atoms with Crippen molar-refractivity contribution in [1.82, 2.24) is 15.5 Å². The van der Waals surface area contributed by atoms with Gasteiger partial charge in [0.1, 0.15) is 5.82 Å². The zero-order chi connectivity index (χ0) is 20.0. The summed E-state index contributed by atoms with van der Waals surface area (Å²) >= 11 is 0. The lowest BCUT2D eigenvalue weighted by Gasteiger charge is -2.34. The molecule has 2 saturated heterocycles. The summed E-state index contributed by atoms with van der Waals surface area (Å²) in [6.45, 7) is 6.07. The Labute approximate surface area is 189 Å². The van der Waals surface area contributed by atoms with Crippen molar-refractivity contribution in [3.8, 4) is 0 Å². The van der Waals surface area contributed by atoms with Crippen molar-refractivity contribution >= 4 is 39.8 Å². The smallest absolute Gasteiger partial charge is 0.191 e. The van der Waals surface area contributed by atoms with Gasteiger partial charge in [-0.3, -0.25) is 9.89 Å². The van der Waals surface area contributed by atoms with E-state index in [0.29, 0.717) is 38.7 Å².